The Hall–Kier alpha value is -0.960. The standard InChI is InChI=1S/C11H17N3/c1-12-5-9-3-2-4-11(9)10-6-13-8-14-7-10/h6-9,11-12H,2-5H2,1H3. The number of nitrogens with zero attached hydrogens (tertiary/aromatic N) is 2. The highest BCUT2D eigenvalue weighted by atomic mass is 14.8. The van der Waals surface area contributed by atoms with Gasteiger partial charge in [-0.25, -0.2) is 9.97 Å². The zero-order valence-electron chi connectivity index (χ0n) is 8.61. The molecule has 14 heavy (non-hydrogen) atoms. The van der Waals surface area contributed by atoms with E-state index >= 15 is 0 Å². The van der Waals surface area contributed by atoms with Crippen molar-refractivity contribution in [2.45, 2.75) is 25.2 Å². The van der Waals surface area contributed by atoms with Crippen LogP contribution < -0.4 is 5.32 Å². The number of hydrogen-bond acceptors (Lipinski definition) is 3. The van der Waals surface area contributed by atoms with Gasteiger partial charge in [-0.05, 0) is 43.8 Å². The molecule has 2 atom stereocenters. The Bertz CT molecular complexity index is 273. The van der Waals surface area contributed by atoms with Crippen molar-refractivity contribution >= 4 is 0 Å². The molecule has 0 spiro atoms. The van der Waals surface area contributed by atoms with Gasteiger partial charge in [-0.3, -0.25) is 0 Å². The van der Waals surface area contributed by atoms with Crippen LogP contribution in [0.25, 0.3) is 0 Å². The number of aromatic nitrogens is 2. The molecule has 0 amide bonds. The van der Waals surface area contributed by atoms with Crippen molar-refractivity contribution in [1.29, 1.82) is 0 Å². The molecule has 3 heteroatoms. The molecule has 1 aliphatic carbocycles. The molecule has 0 aromatic carbocycles. The fraction of sp³-hybridized carbons (Fsp3) is 0.636. The van der Waals surface area contributed by atoms with Crippen molar-refractivity contribution < 1.29 is 0 Å². The molecule has 2 unspecified atom stereocenters. The molecule has 1 heterocycles. The summed E-state index contributed by atoms with van der Waals surface area (Å²) in [6.45, 7) is 1.11. The Kier molecular flexibility index (Phi) is 3.09. The zero-order chi connectivity index (χ0) is 9.80. The highest BCUT2D eigenvalue weighted by Gasteiger charge is 2.28. The third kappa shape index (κ3) is 1.93. The van der Waals surface area contributed by atoms with Crippen molar-refractivity contribution in [1.82, 2.24) is 15.3 Å². The van der Waals surface area contributed by atoms with Crippen LogP contribution in [0.5, 0.6) is 0 Å². The molecule has 0 bridgehead atoms. The number of nitrogens with one attached hydrogen (secondary N) is 1. The summed E-state index contributed by atoms with van der Waals surface area (Å²) in [6, 6.07) is 0. The van der Waals surface area contributed by atoms with Crippen molar-refractivity contribution in [2.75, 3.05) is 13.6 Å². The smallest absolute Gasteiger partial charge is 0.115 e. The van der Waals surface area contributed by atoms with E-state index in [0.717, 1.165) is 12.5 Å². The Morgan fingerprint density at radius 3 is 2.86 bits per heavy atom. The maximum Gasteiger partial charge on any atom is 0.115 e. The van der Waals surface area contributed by atoms with Crippen LogP contribution in [-0.4, -0.2) is 23.6 Å². The summed E-state index contributed by atoms with van der Waals surface area (Å²) in [5, 5.41) is 3.27. The summed E-state index contributed by atoms with van der Waals surface area (Å²) in [5.41, 5.74) is 1.31. The molecule has 1 fully saturated rings. The van der Waals surface area contributed by atoms with E-state index in [-0.39, 0.29) is 0 Å². The van der Waals surface area contributed by atoms with Crippen LogP contribution in [0.1, 0.15) is 30.7 Å². The average Bonchev–Trinajstić information content (AvgIpc) is 2.68. The largest absolute Gasteiger partial charge is 0.319 e. The first-order chi connectivity index (χ1) is 6.92. The van der Waals surface area contributed by atoms with Gasteiger partial charge < -0.3 is 5.32 Å². The molecule has 1 N–H and O–H groups in total. The van der Waals surface area contributed by atoms with E-state index in [1.807, 2.05) is 19.4 Å². The predicted octanol–water partition coefficient (Wildman–Crippen LogP) is 1.58. The fourth-order valence-electron chi connectivity index (χ4n) is 2.48. The van der Waals surface area contributed by atoms with E-state index in [1.165, 1.54) is 24.8 Å². The van der Waals surface area contributed by atoms with Crippen LogP contribution in [0.2, 0.25) is 0 Å². The van der Waals surface area contributed by atoms with Crippen LogP contribution in [0.15, 0.2) is 18.7 Å². The van der Waals surface area contributed by atoms with E-state index < -0.39 is 0 Å². The summed E-state index contributed by atoms with van der Waals surface area (Å²) in [6.07, 6.45) is 9.49. The van der Waals surface area contributed by atoms with E-state index in [4.69, 9.17) is 0 Å². The van der Waals surface area contributed by atoms with E-state index in [0.29, 0.717) is 5.92 Å². The van der Waals surface area contributed by atoms with E-state index in [9.17, 15) is 0 Å². The molecule has 76 valence electrons. The first-order valence-electron chi connectivity index (χ1n) is 5.31. The average molecular weight is 191 g/mol. The minimum absolute atomic E-state index is 0.670. The summed E-state index contributed by atoms with van der Waals surface area (Å²) < 4.78 is 0. The van der Waals surface area contributed by atoms with Gasteiger partial charge in [-0.15, -0.1) is 0 Å². The number of hydrogen-bond donors (Lipinski definition) is 1. The minimum Gasteiger partial charge on any atom is -0.319 e. The Morgan fingerprint density at radius 2 is 2.14 bits per heavy atom. The quantitative estimate of drug-likeness (QED) is 0.788. The first kappa shape index (κ1) is 9.59. The van der Waals surface area contributed by atoms with Gasteiger partial charge in [0.2, 0.25) is 0 Å². The van der Waals surface area contributed by atoms with Gasteiger partial charge in [0.25, 0.3) is 0 Å². The summed E-state index contributed by atoms with van der Waals surface area (Å²) in [7, 11) is 2.02. The molecule has 3 nitrogen and oxygen atoms in total. The lowest BCUT2D eigenvalue weighted by Gasteiger charge is -2.18. The molecular weight excluding hydrogens is 174 g/mol. The minimum atomic E-state index is 0.670. The zero-order valence-corrected chi connectivity index (χ0v) is 8.61. The topological polar surface area (TPSA) is 37.8 Å². The van der Waals surface area contributed by atoms with Crippen LogP contribution >= 0.6 is 0 Å². The van der Waals surface area contributed by atoms with Crippen LogP contribution in [-0.2, 0) is 0 Å². The Morgan fingerprint density at radius 1 is 1.36 bits per heavy atom. The van der Waals surface area contributed by atoms with Gasteiger partial charge in [0.05, 0.1) is 0 Å². The highest BCUT2D eigenvalue weighted by molar-refractivity contribution is 5.13. The molecule has 1 aromatic heterocycles. The normalized spacial score (nSPS) is 26.6. The maximum atomic E-state index is 4.09. The van der Waals surface area contributed by atoms with Gasteiger partial charge in [0.1, 0.15) is 6.33 Å². The maximum absolute atomic E-state index is 4.09. The molecular formula is C11H17N3. The Labute approximate surface area is 85.0 Å². The van der Waals surface area contributed by atoms with Gasteiger partial charge in [0.15, 0.2) is 0 Å². The van der Waals surface area contributed by atoms with Gasteiger partial charge in [0, 0.05) is 12.4 Å². The van der Waals surface area contributed by atoms with E-state index in [1.54, 1.807) is 6.33 Å². The van der Waals surface area contributed by atoms with Gasteiger partial charge >= 0.3 is 0 Å². The molecule has 1 aliphatic rings. The Balaban J connectivity index is 2.10. The van der Waals surface area contributed by atoms with Crippen LogP contribution in [0.3, 0.4) is 0 Å². The van der Waals surface area contributed by atoms with E-state index in [2.05, 4.69) is 15.3 Å². The lowest BCUT2D eigenvalue weighted by molar-refractivity contribution is 0.461. The van der Waals surface area contributed by atoms with Crippen LogP contribution in [0, 0.1) is 5.92 Å². The summed E-state index contributed by atoms with van der Waals surface area (Å²) >= 11 is 0. The van der Waals surface area contributed by atoms with Crippen molar-refractivity contribution in [3.05, 3.63) is 24.3 Å². The summed E-state index contributed by atoms with van der Waals surface area (Å²) in [5.74, 6) is 1.44. The highest BCUT2D eigenvalue weighted by Crippen LogP contribution is 2.38. The molecule has 0 saturated heterocycles. The molecule has 0 aliphatic heterocycles. The monoisotopic (exact) mass is 191 g/mol. The first-order valence-corrected chi connectivity index (χ1v) is 5.31. The fourth-order valence-corrected chi connectivity index (χ4v) is 2.48. The van der Waals surface area contributed by atoms with Crippen molar-refractivity contribution in [2.24, 2.45) is 5.92 Å². The lowest BCUT2D eigenvalue weighted by Crippen LogP contribution is -2.21. The second kappa shape index (κ2) is 4.51. The lowest BCUT2D eigenvalue weighted by atomic mass is 9.91. The van der Waals surface area contributed by atoms with Gasteiger partial charge in [-0.1, -0.05) is 6.42 Å². The second-order valence-electron chi connectivity index (χ2n) is 4.03. The summed E-state index contributed by atoms with van der Waals surface area (Å²) in [4.78, 5) is 8.18. The SMILES string of the molecule is CNCC1CCCC1c1cncnc1. The van der Waals surface area contributed by atoms with Crippen LogP contribution in [0.4, 0.5) is 0 Å². The van der Waals surface area contributed by atoms with Crippen molar-refractivity contribution in [3.63, 3.8) is 0 Å². The third-order valence-electron chi connectivity index (χ3n) is 3.13. The molecule has 0 radical (unpaired) electrons. The van der Waals surface area contributed by atoms with Gasteiger partial charge in [-0.2, -0.15) is 0 Å². The molecule has 2 rings (SSSR count). The predicted molar refractivity (Wildman–Crippen MR) is 56.0 cm³/mol. The third-order valence-corrected chi connectivity index (χ3v) is 3.13. The molecule has 1 aromatic rings. The second-order valence-corrected chi connectivity index (χ2v) is 4.03. The molecule has 1 saturated carbocycles. The number of rotatable bonds is 3. The van der Waals surface area contributed by atoms with Crippen molar-refractivity contribution in [3.8, 4) is 0 Å².